The lowest BCUT2D eigenvalue weighted by molar-refractivity contribution is 0.188. The topological polar surface area (TPSA) is 29.3 Å². The van der Waals surface area contributed by atoms with Crippen molar-refractivity contribution in [2.45, 2.75) is 59.0 Å². The van der Waals surface area contributed by atoms with E-state index in [0.29, 0.717) is 17.5 Å². The van der Waals surface area contributed by atoms with Crippen molar-refractivity contribution in [3.63, 3.8) is 0 Å². The Morgan fingerprint density at radius 3 is 2.21 bits per heavy atom. The molecule has 84 valence electrons. The molecule has 0 aliphatic carbocycles. The van der Waals surface area contributed by atoms with Crippen LogP contribution in [0.25, 0.3) is 0 Å². The fourth-order valence-corrected chi connectivity index (χ4v) is 2.48. The zero-order valence-corrected chi connectivity index (χ0v) is 10.2. The van der Waals surface area contributed by atoms with E-state index in [9.17, 15) is 0 Å². The van der Waals surface area contributed by atoms with Gasteiger partial charge in [0.2, 0.25) is 0 Å². The molecule has 0 amide bonds. The first kappa shape index (κ1) is 12.0. The number of nitrogens with two attached hydrogens (primary N) is 1. The highest BCUT2D eigenvalue weighted by molar-refractivity contribution is 4.91. The second kappa shape index (κ2) is 4.63. The van der Waals surface area contributed by atoms with Crippen molar-refractivity contribution in [3.05, 3.63) is 0 Å². The van der Waals surface area contributed by atoms with E-state index in [1.54, 1.807) is 0 Å². The maximum absolute atomic E-state index is 5.95. The minimum atomic E-state index is 0.291. The van der Waals surface area contributed by atoms with Crippen LogP contribution in [0.5, 0.6) is 0 Å². The second-order valence-corrected chi connectivity index (χ2v) is 5.03. The first-order valence-corrected chi connectivity index (χ1v) is 6.04. The fraction of sp³-hybridized carbons (Fsp3) is 1.00. The highest BCUT2D eigenvalue weighted by atomic mass is 15.2. The molecule has 0 spiro atoms. The Morgan fingerprint density at radius 1 is 1.29 bits per heavy atom. The molecule has 0 aromatic heterocycles. The summed E-state index contributed by atoms with van der Waals surface area (Å²) >= 11 is 0. The SMILES string of the molecule is CCC1(CC)CCN(C(C)C(C)N)C1. The van der Waals surface area contributed by atoms with Crippen LogP contribution in [0.2, 0.25) is 0 Å². The molecule has 1 aliphatic heterocycles. The van der Waals surface area contributed by atoms with Gasteiger partial charge in [0.1, 0.15) is 0 Å². The Balaban J connectivity index is 2.55. The average molecular weight is 198 g/mol. The molecular formula is C12H26N2. The van der Waals surface area contributed by atoms with E-state index in [1.165, 1.54) is 32.4 Å². The molecular weight excluding hydrogens is 172 g/mol. The van der Waals surface area contributed by atoms with Gasteiger partial charge in [0, 0.05) is 18.6 Å². The van der Waals surface area contributed by atoms with Gasteiger partial charge in [-0.15, -0.1) is 0 Å². The minimum absolute atomic E-state index is 0.291. The Bertz CT molecular complexity index is 173. The third-order valence-corrected chi connectivity index (χ3v) is 4.30. The predicted molar refractivity (Wildman–Crippen MR) is 62.3 cm³/mol. The van der Waals surface area contributed by atoms with Crippen molar-refractivity contribution in [2.75, 3.05) is 13.1 Å². The number of hydrogen-bond acceptors (Lipinski definition) is 2. The lowest BCUT2D eigenvalue weighted by Gasteiger charge is -2.31. The maximum Gasteiger partial charge on any atom is 0.0216 e. The van der Waals surface area contributed by atoms with E-state index in [1.807, 2.05) is 0 Å². The van der Waals surface area contributed by atoms with Crippen LogP contribution in [0, 0.1) is 5.41 Å². The van der Waals surface area contributed by atoms with Gasteiger partial charge < -0.3 is 5.73 Å². The zero-order chi connectivity index (χ0) is 10.8. The number of rotatable bonds is 4. The van der Waals surface area contributed by atoms with Gasteiger partial charge in [-0.05, 0) is 45.1 Å². The second-order valence-electron chi connectivity index (χ2n) is 5.03. The largest absolute Gasteiger partial charge is 0.327 e. The number of likely N-dealkylation sites (tertiary alicyclic amines) is 1. The monoisotopic (exact) mass is 198 g/mol. The number of hydrogen-bond donors (Lipinski definition) is 1. The van der Waals surface area contributed by atoms with Crippen molar-refractivity contribution in [1.29, 1.82) is 0 Å². The molecule has 0 bridgehead atoms. The molecule has 0 aromatic carbocycles. The highest BCUT2D eigenvalue weighted by Crippen LogP contribution is 2.37. The van der Waals surface area contributed by atoms with Gasteiger partial charge in [0.05, 0.1) is 0 Å². The Morgan fingerprint density at radius 2 is 1.86 bits per heavy atom. The normalized spacial score (nSPS) is 26.4. The van der Waals surface area contributed by atoms with Crippen LogP contribution in [0.3, 0.4) is 0 Å². The molecule has 2 N–H and O–H groups in total. The Hall–Kier alpha value is -0.0800. The van der Waals surface area contributed by atoms with Crippen molar-refractivity contribution in [1.82, 2.24) is 4.90 Å². The van der Waals surface area contributed by atoms with Gasteiger partial charge in [0.25, 0.3) is 0 Å². The summed E-state index contributed by atoms with van der Waals surface area (Å²) in [7, 11) is 0. The van der Waals surface area contributed by atoms with Crippen molar-refractivity contribution < 1.29 is 0 Å². The molecule has 1 rings (SSSR count). The molecule has 2 heteroatoms. The molecule has 1 fully saturated rings. The summed E-state index contributed by atoms with van der Waals surface area (Å²) < 4.78 is 0. The van der Waals surface area contributed by atoms with Crippen LogP contribution in [-0.4, -0.2) is 30.1 Å². The van der Waals surface area contributed by atoms with E-state index >= 15 is 0 Å². The van der Waals surface area contributed by atoms with Gasteiger partial charge in [-0.3, -0.25) is 4.90 Å². The average Bonchev–Trinajstić information content (AvgIpc) is 2.61. The van der Waals surface area contributed by atoms with Crippen LogP contribution >= 0.6 is 0 Å². The molecule has 1 aliphatic rings. The Kier molecular flexibility index (Phi) is 3.96. The van der Waals surface area contributed by atoms with E-state index in [-0.39, 0.29) is 0 Å². The highest BCUT2D eigenvalue weighted by Gasteiger charge is 2.37. The minimum Gasteiger partial charge on any atom is -0.327 e. The summed E-state index contributed by atoms with van der Waals surface area (Å²) in [6.07, 6.45) is 3.98. The van der Waals surface area contributed by atoms with Crippen LogP contribution < -0.4 is 5.73 Å². The molecule has 14 heavy (non-hydrogen) atoms. The molecule has 0 radical (unpaired) electrons. The molecule has 2 nitrogen and oxygen atoms in total. The number of nitrogens with zero attached hydrogens (tertiary/aromatic N) is 1. The van der Waals surface area contributed by atoms with Crippen LogP contribution in [0.1, 0.15) is 47.0 Å². The summed E-state index contributed by atoms with van der Waals surface area (Å²) in [6, 6.07) is 0.828. The molecule has 2 unspecified atom stereocenters. The molecule has 0 aromatic rings. The first-order valence-electron chi connectivity index (χ1n) is 6.04. The van der Waals surface area contributed by atoms with E-state index in [2.05, 4.69) is 32.6 Å². The summed E-state index contributed by atoms with van der Waals surface area (Å²) in [5, 5.41) is 0. The fourth-order valence-electron chi connectivity index (χ4n) is 2.48. The smallest absolute Gasteiger partial charge is 0.0216 e. The van der Waals surface area contributed by atoms with Crippen molar-refractivity contribution in [3.8, 4) is 0 Å². The quantitative estimate of drug-likeness (QED) is 0.750. The molecule has 1 heterocycles. The van der Waals surface area contributed by atoms with Gasteiger partial charge in [-0.2, -0.15) is 0 Å². The molecule has 2 atom stereocenters. The lowest BCUT2D eigenvalue weighted by Crippen LogP contribution is -2.44. The zero-order valence-electron chi connectivity index (χ0n) is 10.2. The van der Waals surface area contributed by atoms with Crippen LogP contribution in [0.15, 0.2) is 0 Å². The maximum atomic E-state index is 5.95. The standard InChI is InChI=1S/C12H26N2/c1-5-12(6-2)7-8-14(9-12)11(4)10(3)13/h10-11H,5-9,13H2,1-4H3. The van der Waals surface area contributed by atoms with Gasteiger partial charge in [-0.1, -0.05) is 13.8 Å². The van der Waals surface area contributed by atoms with E-state index < -0.39 is 0 Å². The van der Waals surface area contributed by atoms with Crippen molar-refractivity contribution in [2.24, 2.45) is 11.1 Å². The first-order chi connectivity index (χ1) is 6.54. The van der Waals surface area contributed by atoms with E-state index in [4.69, 9.17) is 5.73 Å². The summed E-state index contributed by atoms with van der Waals surface area (Å²) in [5.41, 5.74) is 6.53. The van der Waals surface area contributed by atoms with Gasteiger partial charge >= 0.3 is 0 Å². The van der Waals surface area contributed by atoms with Gasteiger partial charge in [0.15, 0.2) is 0 Å². The van der Waals surface area contributed by atoms with Crippen molar-refractivity contribution >= 4 is 0 Å². The molecule has 1 saturated heterocycles. The third kappa shape index (κ3) is 2.29. The molecule has 0 saturated carbocycles. The van der Waals surface area contributed by atoms with E-state index in [0.717, 1.165) is 0 Å². The van der Waals surface area contributed by atoms with Crippen LogP contribution in [-0.2, 0) is 0 Å². The third-order valence-electron chi connectivity index (χ3n) is 4.30. The Labute approximate surface area is 88.8 Å². The predicted octanol–water partition coefficient (Wildman–Crippen LogP) is 2.23. The summed E-state index contributed by atoms with van der Waals surface area (Å²) in [4.78, 5) is 2.57. The lowest BCUT2D eigenvalue weighted by atomic mass is 9.82. The summed E-state index contributed by atoms with van der Waals surface area (Å²) in [6.45, 7) is 11.5. The van der Waals surface area contributed by atoms with Crippen LogP contribution in [0.4, 0.5) is 0 Å². The summed E-state index contributed by atoms with van der Waals surface area (Å²) in [5.74, 6) is 0. The van der Waals surface area contributed by atoms with Gasteiger partial charge in [-0.25, -0.2) is 0 Å².